The minimum Gasteiger partial charge on any atom is -0.343 e. The minimum absolute atomic E-state index is 0.0139. The smallest absolute Gasteiger partial charge is 0.251 e. The van der Waals surface area contributed by atoms with Gasteiger partial charge in [-0.3, -0.25) is 9.52 Å². The highest BCUT2D eigenvalue weighted by molar-refractivity contribution is 7.92. The van der Waals surface area contributed by atoms with E-state index in [2.05, 4.69) is 20.2 Å². The van der Waals surface area contributed by atoms with Gasteiger partial charge in [-0.1, -0.05) is 35.0 Å². The lowest BCUT2D eigenvalue weighted by molar-refractivity contribution is 0.0946. The van der Waals surface area contributed by atoms with Crippen LogP contribution in [0.4, 0.5) is 5.69 Å². The zero-order chi connectivity index (χ0) is 19.4. The number of nitrogens with zero attached hydrogens (tertiary/aromatic N) is 2. The topological polar surface area (TPSA) is 114 Å². The Morgan fingerprint density at radius 1 is 1.19 bits per heavy atom. The van der Waals surface area contributed by atoms with Crippen molar-refractivity contribution in [3.05, 3.63) is 65.0 Å². The van der Waals surface area contributed by atoms with Gasteiger partial charge in [0, 0.05) is 16.8 Å². The molecule has 0 aliphatic carbocycles. The van der Waals surface area contributed by atoms with Gasteiger partial charge in [-0.25, -0.2) is 8.42 Å². The van der Waals surface area contributed by atoms with Crippen LogP contribution in [0.3, 0.4) is 0 Å². The molecule has 1 amide bonds. The second-order valence-corrected chi connectivity index (χ2v) is 7.78. The highest BCUT2D eigenvalue weighted by Gasteiger charge is 2.13. The van der Waals surface area contributed by atoms with Gasteiger partial charge in [-0.15, -0.1) is 0 Å². The maximum atomic E-state index is 12.3. The van der Waals surface area contributed by atoms with E-state index in [1.165, 1.54) is 6.07 Å². The average molecular weight is 407 g/mol. The Labute approximate surface area is 160 Å². The number of benzene rings is 2. The number of rotatable bonds is 6. The van der Waals surface area contributed by atoms with E-state index in [4.69, 9.17) is 16.1 Å². The molecule has 0 saturated heterocycles. The second-order valence-electron chi connectivity index (χ2n) is 5.63. The third-order valence-corrected chi connectivity index (χ3v) is 4.35. The summed E-state index contributed by atoms with van der Waals surface area (Å²) in [6.45, 7) is 0.0139. The summed E-state index contributed by atoms with van der Waals surface area (Å²) >= 11 is 6.10. The molecule has 0 spiro atoms. The average Bonchev–Trinajstić information content (AvgIpc) is 3.07. The molecule has 27 heavy (non-hydrogen) atoms. The highest BCUT2D eigenvalue weighted by Crippen LogP contribution is 2.24. The van der Waals surface area contributed by atoms with Gasteiger partial charge in [0.05, 0.1) is 17.8 Å². The van der Waals surface area contributed by atoms with Gasteiger partial charge in [0.2, 0.25) is 21.7 Å². The Hall–Kier alpha value is -2.91. The molecule has 0 fully saturated rings. The molecule has 1 aromatic heterocycles. The third-order valence-electron chi connectivity index (χ3n) is 3.41. The largest absolute Gasteiger partial charge is 0.343 e. The van der Waals surface area contributed by atoms with Crippen LogP contribution in [0.5, 0.6) is 0 Å². The zero-order valence-electron chi connectivity index (χ0n) is 14.1. The van der Waals surface area contributed by atoms with Crippen molar-refractivity contribution in [1.29, 1.82) is 0 Å². The molecule has 1 heterocycles. The van der Waals surface area contributed by atoms with Crippen LogP contribution in [0.1, 0.15) is 16.2 Å². The summed E-state index contributed by atoms with van der Waals surface area (Å²) in [6.07, 6.45) is 1.03. The summed E-state index contributed by atoms with van der Waals surface area (Å²) in [4.78, 5) is 16.5. The molecule has 0 aliphatic rings. The number of sulfonamides is 1. The Bertz CT molecular complexity index is 1080. The lowest BCUT2D eigenvalue weighted by atomic mass is 10.2. The molecule has 0 unspecified atom stereocenters. The molecule has 0 aliphatic heterocycles. The van der Waals surface area contributed by atoms with E-state index in [1.54, 1.807) is 42.5 Å². The predicted octanol–water partition coefficient (Wildman–Crippen LogP) is 2.69. The first-order valence-electron chi connectivity index (χ1n) is 7.75. The van der Waals surface area contributed by atoms with E-state index < -0.39 is 15.9 Å². The molecule has 8 nitrogen and oxygen atoms in total. The number of aromatic nitrogens is 2. The molecule has 0 atom stereocenters. The van der Waals surface area contributed by atoms with Gasteiger partial charge < -0.3 is 9.84 Å². The second kappa shape index (κ2) is 7.77. The SMILES string of the molecule is CS(=O)(=O)Nc1cccc(C(=O)NCc2nc(-c3ccccc3Cl)no2)c1. The fourth-order valence-electron chi connectivity index (χ4n) is 2.27. The van der Waals surface area contributed by atoms with E-state index in [-0.39, 0.29) is 18.0 Å². The summed E-state index contributed by atoms with van der Waals surface area (Å²) in [7, 11) is -3.43. The van der Waals surface area contributed by atoms with Crippen molar-refractivity contribution in [1.82, 2.24) is 15.5 Å². The number of carbonyl (C=O) groups excluding carboxylic acids is 1. The quantitative estimate of drug-likeness (QED) is 0.650. The molecule has 10 heteroatoms. The van der Waals surface area contributed by atoms with Gasteiger partial charge >= 0.3 is 0 Å². The Morgan fingerprint density at radius 2 is 1.96 bits per heavy atom. The standard InChI is InChI=1S/C17H15ClN4O4S/c1-27(24,25)22-12-6-4-5-11(9-12)17(23)19-10-15-20-16(21-26-15)13-7-2-3-8-14(13)18/h2-9,22H,10H2,1H3,(H,19,23). The maximum Gasteiger partial charge on any atom is 0.251 e. The molecule has 2 N–H and O–H groups in total. The lowest BCUT2D eigenvalue weighted by Gasteiger charge is -2.06. The number of hydrogen-bond donors (Lipinski definition) is 2. The lowest BCUT2D eigenvalue weighted by Crippen LogP contribution is -2.23. The van der Waals surface area contributed by atoms with Crippen molar-refractivity contribution < 1.29 is 17.7 Å². The van der Waals surface area contributed by atoms with Crippen molar-refractivity contribution in [3.63, 3.8) is 0 Å². The number of nitrogens with one attached hydrogen (secondary N) is 2. The van der Waals surface area contributed by atoms with E-state index in [0.717, 1.165) is 6.26 Å². The molecule has 0 saturated carbocycles. The summed E-state index contributed by atoms with van der Waals surface area (Å²) in [5.74, 6) is 0.123. The molecular weight excluding hydrogens is 392 g/mol. The fourth-order valence-corrected chi connectivity index (χ4v) is 3.05. The van der Waals surface area contributed by atoms with E-state index >= 15 is 0 Å². The summed E-state index contributed by atoms with van der Waals surface area (Å²) < 4.78 is 30.0. The van der Waals surface area contributed by atoms with Crippen LogP contribution in [-0.2, 0) is 16.6 Å². The predicted molar refractivity (Wildman–Crippen MR) is 101 cm³/mol. The highest BCUT2D eigenvalue weighted by atomic mass is 35.5. The van der Waals surface area contributed by atoms with Crippen LogP contribution in [-0.4, -0.2) is 30.7 Å². The number of amides is 1. The molecule has 2 aromatic carbocycles. The molecule has 3 rings (SSSR count). The Balaban J connectivity index is 1.66. The minimum atomic E-state index is -3.43. The monoisotopic (exact) mass is 406 g/mol. The number of hydrogen-bond acceptors (Lipinski definition) is 6. The van der Waals surface area contributed by atoms with Crippen molar-refractivity contribution in [2.45, 2.75) is 6.54 Å². The Kier molecular flexibility index (Phi) is 5.43. The van der Waals surface area contributed by atoms with E-state index in [1.807, 2.05) is 0 Å². The first-order chi connectivity index (χ1) is 12.8. The fraction of sp³-hybridized carbons (Fsp3) is 0.118. The Morgan fingerprint density at radius 3 is 2.70 bits per heavy atom. The van der Waals surface area contributed by atoms with Gasteiger partial charge in [0.1, 0.15) is 0 Å². The van der Waals surface area contributed by atoms with Crippen LogP contribution in [0.25, 0.3) is 11.4 Å². The van der Waals surface area contributed by atoms with Crippen LogP contribution >= 0.6 is 11.6 Å². The van der Waals surface area contributed by atoms with Crippen molar-refractivity contribution in [2.24, 2.45) is 0 Å². The van der Waals surface area contributed by atoms with Crippen molar-refractivity contribution in [3.8, 4) is 11.4 Å². The van der Waals surface area contributed by atoms with Gasteiger partial charge in [0.15, 0.2) is 0 Å². The number of halogens is 1. The summed E-state index contributed by atoms with van der Waals surface area (Å²) in [5, 5.41) is 6.98. The zero-order valence-corrected chi connectivity index (χ0v) is 15.7. The van der Waals surface area contributed by atoms with Crippen molar-refractivity contribution in [2.75, 3.05) is 11.0 Å². The van der Waals surface area contributed by atoms with E-state index in [0.29, 0.717) is 22.1 Å². The van der Waals surface area contributed by atoms with Crippen LogP contribution in [0, 0.1) is 0 Å². The maximum absolute atomic E-state index is 12.3. The number of anilines is 1. The van der Waals surface area contributed by atoms with Crippen molar-refractivity contribution >= 4 is 33.2 Å². The first-order valence-corrected chi connectivity index (χ1v) is 10.0. The van der Waals surface area contributed by atoms with Gasteiger partial charge in [-0.05, 0) is 30.3 Å². The van der Waals surface area contributed by atoms with E-state index in [9.17, 15) is 13.2 Å². The number of carbonyl (C=O) groups is 1. The first kappa shape index (κ1) is 18.9. The van der Waals surface area contributed by atoms with Crippen LogP contribution < -0.4 is 10.0 Å². The molecule has 140 valence electrons. The van der Waals surface area contributed by atoms with Crippen LogP contribution in [0.15, 0.2) is 53.1 Å². The van der Waals surface area contributed by atoms with Gasteiger partial charge in [-0.2, -0.15) is 4.98 Å². The van der Waals surface area contributed by atoms with Crippen LogP contribution in [0.2, 0.25) is 5.02 Å². The third kappa shape index (κ3) is 5.05. The summed E-state index contributed by atoms with van der Waals surface area (Å²) in [6, 6.07) is 13.2. The normalized spacial score (nSPS) is 11.2. The van der Waals surface area contributed by atoms with Gasteiger partial charge in [0.25, 0.3) is 5.91 Å². The molecule has 0 bridgehead atoms. The summed E-state index contributed by atoms with van der Waals surface area (Å²) in [5.41, 5.74) is 1.21. The molecule has 3 aromatic rings. The molecule has 0 radical (unpaired) electrons. The molecular formula is C17H15ClN4O4S.